The summed E-state index contributed by atoms with van der Waals surface area (Å²) in [6.07, 6.45) is 3.22. The van der Waals surface area contributed by atoms with Crippen molar-refractivity contribution >= 4 is 49.9 Å². The van der Waals surface area contributed by atoms with Gasteiger partial charge in [0.05, 0.1) is 10.3 Å². The minimum absolute atomic E-state index is 0.217. The number of nitrogens with zero attached hydrogens (tertiary/aromatic N) is 4. The van der Waals surface area contributed by atoms with Gasteiger partial charge in [-0.05, 0) is 100 Å². The standard InChI is InChI=1S/C34H45N5O3S2/c1-25-22-29(13-15-31(25)35-26(16-19-37(4)5)24-43-28-10-8-7-9-11-28)44(40,41)38(6)33-30-14-12-27(23-32(30)42-36-33)39-20-17-34(2,3)18-21-39/h7-15,22-23,26,35H,16-21,24H2,1-6H3/t26-/m1/s1. The molecule has 0 radical (unpaired) electrons. The smallest absolute Gasteiger partial charge is 0.265 e. The van der Waals surface area contributed by atoms with Gasteiger partial charge in [-0.2, -0.15) is 0 Å². The maximum absolute atomic E-state index is 13.8. The lowest BCUT2D eigenvalue weighted by molar-refractivity contribution is 0.280. The minimum atomic E-state index is -3.87. The Hall–Kier alpha value is -3.21. The van der Waals surface area contributed by atoms with Crippen LogP contribution in [0.3, 0.4) is 0 Å². The third-order valence-corrected chi connectivity index (χ3v) is 11.5. The van der Waals surface area contributed by atoms with Crippen LogP contribution in [0.5, 0.6) is 0 Å². The number of piperidine rings is 1. The number of anilines is 3. The van der Waals surface area contributed by atoms with Gasteiger partial charge in [0, 0.05) is 54.3 Å². The molecule has 1 N–H and O–H groups in total. The van der Waals surface area contributed by atoms with E-state index in [1.165, 1.54) is 16.2 Å². The van der Waals surface area contributed by atoms with E-state index in [2.05, 4.69) is 72.5 Å². The highest BCUT2D eigenvalue weighted by molar-refractivity contribution is 7.99. The molecular formula is C34H45N5O3S2. The Bertz CT molecular complexity index is 1660. The second-order valence-electron chi connectivity index (χ2n) is 12.8. The van der Waals surface area contributed by atoms with Gasteiger partial charge in [0.15, 0.2) is 11.4 Å². The summed E-state index contributed by atoms with van der Waals surface area (Å²) in [6, 6.07) is 21.8. The highest BCUT2D eigenvalue weighted by Crippen LogP contribution is 2.36. The Morgan fingerprint density at radius 1 is 1.02 bits per heavy atom. The van der Waals surface area contributed by atoms with Crippen LogP contribution in [0.2, 0.25) is 0 Å². The van der Waals surface area contributed by atoms with E-state index in [1.54, 1.807) is 12.1 Å². The molecule has 3 aromatic carbocycles. The fourth-order valence-electron chi connectivity index (χ4n) is 5.48. The van der Waals surface area contributed by atoms with Gasteiger partial charge >= 0.3 is 0 Å². The highest BCUT2D eigenvalue weighted by atomic mass is 32.2. The molecule has 0 bridgehead atoms. The molecule has 1 aliphatic rings. The molecule has 1 aromatic heterocycles. The fraction of sp³-hybridized carbons (Fsp3) is 0.441. The van der Waals surface area contributed by atoms with Gasteiger partial charge < -0.3 is 19.6 Å². The molecule has 1 saturated heterocycles. The van der Waals surface area contributed by atoms with E-state index in [0.717, 1.165) is 61.6 Å². The number of rotatable bonds is 12. The molecular weight excluding hydrogens is 591 g/mol. The van der Waals surface area contributed by atoms with E-state index in [1.807, 2.05) is 49.0 Å². The maximum Gasteiger partial charge on any atom is 0.265 e. The van der Waals surface area contributed by atoms with Gasteiger partial charge in [0.1, 0.15) is 0 Å². The molecule has 2 heterocycles. The van der Waals surface area contributed by atoms with Crippen molar-refractivity contribution in [1.82, 2.24) is 10.1 Å². The van der Waals surface area contributed by atoms with Crippen LogP contribution in [-0.2, 0) is 10.0 Å². The third kappa shape index (κ3) is 7.53. The fourth-order valence-corrected chi connectivity index (χ4v) is 7.72. The molecule has 0 unspecified atom stereocenters. The van der Waals surface area contributed by atoms with Crippen molar-refractivity contribution in [2.75, 3.05) is 61.1 Å². The maximum atomic E-state index is 13.8. The summed E-state index contributed by atoms with van der Waals surface area (Å²) in [5.41, 5.74) is 3.82. The van der Waals surface area contributed by atoms with Crippen molar-refractivity contribution in [3.05, 3.63) is 72.3 Å². The molecule has 0 aliphatic carbocycles. The van der Waals surface area contributed by atoms with Gasteiger partial charge in [-0.15, -0.1) is 11.8 Å². The van der Waals surface area contributed by atoms with Gasteiger partial charge in [0.25, 0.3) is 10.0 Å². The Balaban J connectivity index is 1.31. The molecule has 4 aromatic rings. The summed E-state index contributed by atoms with van der Waals surface area (Å²) in [4.78, 5) is 5.99. The van der Waals surface area contributed by atoms with Crippen molar-refractivity contribution in [2.45, 2.75) is 55.9 Å². The monoisotopic (exact) mass is 635 g/mol. The quantitative estimate of drug-likeness (QED) is 0.165. The summed E-state index contributed by atoms with van der Waals surface area (Å²) in [7, 11) is 1.82. The van der Waals surface area contributed by atoms with Crippen LogP contribution in [-0.4, -0.2) is 71.0 Å². The molecule has 10 heteroatoms. The van der Waals surface area contributed by atoms with Crippen molar-refractivity contribution in [1.29, 1.82) is 0 Å². The lowest BCUT2D eigenvalue weighted by Crippen LogP contribution is -2.37. The summed E-state index contributed by atoms with van der Waals surface area (Å²) in [6.45, 7) is 9.50. The zero-order chi connectivity index (χ0) is 31.5. The van der Waals surface area contributed by atoms with Gasteiger partial charge in [-0.1, -0.05) is 37.2 Å². The minimum Gasteiger partial charge on any atom is -0.381 e. The molecule has 0 amide bonds. The van der Waals surface area contributed by atoms with Crippen molar-refractivity contribution in [3.8, 4) is 0 Å². The third-order valence-electron chi connectivity index (χ3n) is 8.55. The molecule has 1 fully saturated rings. The van der Waals surface area contributed by atoms with E-state index in [9.17, 15) is 8.42 Å². The van der Waals surface area contributed by atoms with Crippen LogP contribution in [0.4, 0.5) is 17.2 Å². The number of aromatic nitrogens is 1. The van der Waals surface area contributed by atoms with Crippen LogP contribution in [0, 0.1) is 12.3 Å². The number of aryl methyl sites for hydroxylation is 1. The number of fused-ring (bicyclic) bond motifs is 1. The average molecular weight is 636 g/mol. The summed E-state index contributed by atoms with van der Waals surface area (Å²) >= 11 is 1.82. The molecule has 1 aliphatic heterocycles. The van der Waals surface area contributed by atoms with Gasteiger partial charge in [-0.3, -0.25) is 0 Å². The van der Waals surface area contributed by atoms with Crippen LogP contribution < -0.4 is 14.5 Å². The normalized spacial score (nSPS) is 15.9. The van der Waals surface area contributed by atoms with E-state index >= 15 is 0 Å². The number of nitrogens with one attached hydrogen (secondary N) is 1. The lowest BCUT2D eigenvalue weighted by atomic mass is 9.82. The zero-order valence-electron chi connectivity index (χ0n) is 26.7. The Morgan fingerprint density at radius 3 is 2.43 bits per heavy atom. The molecule has 8 nitrogen and oxygen atoms in total. The Labute approximate surface area is 266 Å². The molecule has 0 spiro atoms. The summed E-state index contributed by atoms with van der Waals surface area (Å²) < 4.78 is 34.4. The molecule has 236 valence electrons. The first-order valence-corrected chi connectivity index (χ1v) is 17.7. The van der Waals surface area contributed by atoms with E-state index in [0.29, 0.717) is 16.4 Å². The Morgan fingerprint density at radius 2 is 1.75 bits per heavy atom. The molecule has 44 heavy (non-hydrogen) atoms. The predicted octanol–water partition coefficient (Wildman–Crippen LogP) is 7.11. The van der Waals surface area contributed by atoms with Gasteiger partial charge in [0.2, 0.25) is 0 Å². The molecule has 5 rings (SSSR count). The van der Waals surface area contributed by atoms with Crippen LogP contribution in [0.15, 0.2) is 81.0 Å². The highest BCUT2D eigenvalue weighted by Gasteiger charge is 2.28. The number of sulfonamides is 1. The van der Waals surface area contributed by atoms with E-state index in [-0.39, 0.29) is 16.8 Å². The first kappa shape index (κ1) is 32.2. The predicted molar refractivity (Wildman–Crippen MR) is 184 cm³/mol. The SMILES string of the molecule is Cc1cc(S(=O)(=O)N(C)c2noc3cc(N4CCC(C)(C)CC4)ccc23)ccc1N[C@H](CCN(C)C)CSc1ccccc1. The van der Waals surface area contributed by atoms with Crippen LogP contribution in [0.1, 0.15) is 38.7 Å². The van der Waals surface area contributed by atoms with Crippen LogP contribution >= 0.6 is 11.8 Å². The van der Waals surface area contributed by atoms with Crippen molar-refractivity contribution in [2.24, 2.45) is 5.41 Å². The number of hydrogen-bond donors (Lipinski definition) is 1. The largest absolute Gasteiger partial charge is 0.381 e. The second kappa shape index (κ2) is 13.4. The average Bonchev–Trinajstić information content (AvgIpc) is 3.42. The topological polar surface area (TPSA) is 81.9 Å². The second-order valence-corrected chi connectivity index (χ2v) is 15.9. The number of hydrogen-bond acceptors (Lipinski definition) is 8. The zero-order valence-corrected chi connectivity index (χ0v) is 28.3. The van der Waals surface area contributed by atoms with Crippen molar-refractivity contribution in [3.63, 3.8) is 0 Å². The van der Waals surface area contributed by atoms with E-state index < -0.39 is 10.0 Å². The summed E-state index contributed by atoms with van der Waals surface area (Å²) in [5, 5.41) is 8.55. The first-order valence-electron chi connectivity index (χ1n) is 15.3. The molecule has 1 atom stereocenters. The molecule has 0 saturated carbocycles. The van der Waals surface area contributed by atoms with Crippen molar-refractivity contribution < 1.29 is 12.9 Å². The van der Waals surface area contributed by atoms with E-state index in [4.69, 9.17) is 4.52 Å². The lowest BCUT2D eigenvalue weighted by Gasteiger charge is -2.38. The Kier molecular flexibility index (Phi) is 9.82. The number of benzene rings is 3. The summed E-state index contributed by atoms with van der Waals surface area (Å²) in [5.74, 6) is 1.18. The first-order chi connectivity index (χ1) is 20.9. The number of thioether (sulfide) groups is 1. The van der Waals surface area contributed by atoms with Crippen LogP contribution in [0.25, 0.3) is 11.0 Å². The van der Waals surface area contributed by atoms with Gasteiger partial charge in [-0.25, -0.2) is 12.7 Å².